The van der Waals surface area contributed by atoms with Crippen LogP contribution in [0, 0.1) is 0 Å². The molecule has 1 fully saturated rings. The first-order valence-electron chi connectivity index (χ1n) is 7.58. The molecule has 22 heavy (non-hydrogen) atoms. The lowest BCUT2D eigenvalue weighted by atomic mass is 10.2. The predicted octanol–water partition coefficient (Wildman–Crippen LogP) is 2.85. The fraction of sp³-hybridized carbons (Fsp3) is 0.278. The van der Waals surface area contributed by atoms with E-state index in [2.05, 4.69) is 45.3 Å². The van der Waals surface area contributed by atoms with E-state index in [0.29, 0.717) is 0 Å². The Morgan fingerprint density at radius 2 is 1.59 bits per heavy atom. The molecule has 4 nitrogen and oxygen atoms in total. The van der Waals surface area contributed by atoms with Crippen LogP contribution in [0.3, 0.4) is 0 Å². The molecular formula is C18H21N3O. The summed E-state index contributed by atoms with van der Waals surface area (Å²) in [6, 6.07) is 18.5. The summed E-state index contributed by atoms with van der Waals surface area (Å²) in [4.78, 5) is 2.40. The number of anilines is 1. The number of benzene rings is 2. The third-order valence-corrected chi connectivity index (χ3v) is 3.86. The normalized spacial score (nSPS) is 15.3. The Morgan fingerprint density at radius 3 is 2.23 bits per heavy atom. The number of rotatable bonds is 4. The second-order valence-electron chi connectivity index (χ2n) is 5.29. The van der Waals surface area contributed by atoms with Crippen LogP contribution in [0.25, 0.3) is 0 Å². The summed E-state index contributed by atoms with van der Waals surface area (Å²) in [5.74, 6) is 0.869. The molecule has 3 rings (SSSR count). The maximum atomic E-state index is 5.16. The number of ether oxygens (including phenoxy) is 1. The van der Waals surface area contributed by atoms with E-state index < -0.39 is 0 Å². The molecule has 0 aromatic heterocycles. The van der Waals surface area contributed by atoms with Crippen LogP contribution in [0.5, 0.6) is 5.75 Å². The van der Waals surface area contributed by atoms with Crippen LogP contribution in [0.15, 0.2) is 59.7 Å². The van der Waals surface area contributed by atoms with E-state index in [1.54, 1.807) is 7.11 Å². The summed E-state index contributed by atoms with van der Waals surface area (Å²) in [5.41, 5.74) is 2.38. The van der Waals surface area contributed by atoms with Gasteiger partial charge in [0.2, 0.25) is 0 Å². The van der Waals surface area contributed by atoms with Gasteiger partial charge in [-0.2, -0.15) is 5.10 Å². The Balaban J connectivity index is 1.54. The standard InChI is InChI=1S/C18H21N3O/c1-22-18-9-7-16(8-10-18)15-19-21-13-11-20(12-14-21)17-5-3-2-4-6-17/h2-10,15H,11-14H2,1H3/b19-15+. The lowest BCUT2D eigenvalue weighted by molar-refractivity contribution is 0.272. The van der Waals surface area contributed by atoms with E-state index in [9.17, 15) is 0 Å². The van der Waals surface area contributed by atoms with Crippen LogP contribution in [0.2, 0.25) is 0 Å². The molecule has 114 valence electrons. The van der Waals surface area contributed by atoms with Gasteiger partial charge in [0.25, 0.3) is 0 Å². The van der Waals surface area contributed by atoms with Crippen LogP contribution in [-0.2, 0) is 0 Å². The van der Waals surface area contributed by atoms with Gasteiger partial charge in [0.05, 0.1) is 26.4 Å². The first-order valence-corrected chi connectivity index (χ1v) is 7.58. The Bertz CT molecular complexity index is 602. The summed E-state index contributed by atoms with van der Waals surface area (Å²) in [6.07, 6.45) is 1.91. The Morgan fingerprint density at radius 1 is 0.909 bits per heavy atom. The van der Waals surface area contributed by atoms with E-state index in [-0.39, 0.29) is 0 Å². The number of hydrogen-bond acceptors (Lipinski definition) is 4. The molecule has 0 bridgehead atoms. The van der Waals surface area contributed by atoms with E-state index in [0.717, 1.165) is 37.5 Å². The van der Waals surface area contributed by atoms with Crippen molar-refractivity contribution < 1.29 is 4.74 Å². The Labute approximate surface area is 131 Å². The van der Waals surface area contributed by atoms with Gasteiger partial charge in [-0.15, -0.1) is 0 Å². The maximum absolute atomic E-state index is 5.16. The fourth-order valence-corrected chi connectivity index (χ4v) is 2.55. The van der Waals surface area contributed by atoms with Crippen molar-refractivity contribution in [2.24, 2.45) is 5.10 Å². The molecule has 1 heterocycles. The fourth-order valence-electron chi connectivity index (χ4n) is 2.55. The Kier molecular flexibility index (Phi) is 4.59. The van der Waals surface area contributed by atoms with Crippen molar-refractivity contribution in [1.29, 1.82) is 0 Å². The molecule has 0 amide bonds. The van der Waals surface area contributed by atoms with Gasteiger partial charge >= 0.3 is 0 Å². The van der Waals surface area contributed by atoms with Crippen molar-refractivity contribution in [3.05, 3.63) is 60.2 Å². The van der Waals surface area contributed by atoms with Gasteiger partial charge in [-0.25, -0.2) is 0 Å². The number of methoxy groups -OCH3 is 1. The summed E-state index contributed by atoms with van der Waals surface area (Å²) < 4.78 is 5.16. The maximum Gasteiger partial charge on any atom is 0.118 e. The molecule has 1 saturated heterocycles. The third-order valence-electron chi connectivity index (χ3n) is 3.86. The van der Waals surface area contributed by atoms with Crippen molar-refractivity contribution >= 4 is 11.9 Å². The molecule has 2 aromatic carbocycles. The van der Waals surface area contributed by atoms with E-state index in [4.69, 9.17) is 4.74 Å². The molecule has 0 saturated carbocycles. The minimum Gasteiger partial charge on any atom is -0.497 e. The molecule has 0 atom stereocenters. The van der Waals surface area contributed by atoms with Crippen LogP contribution < -0.4 is 9.64 Å². The van der Waals surface area contributed by atoms with Gasteiger partial charge in [-0.3, -0.25) is 5.01 Å². The smallest absolute Gasteiger partial charge is 0.118 e. The molecule has 0 radical (unpaired) electrons. The lowest BCUT2D eigenvalue weighted by Crippen LogP contribution is -2.44. The number of nitrogens with zero attached hydrogens (tertiary/aromatic N) is 3. The number of hydrazone groups is 1. The zero-order chi connectivity index (χ0) is 15.2. The molecule has 1 aliphatic rings. The van der Waals surface area contributed by atoms with Crippen LogP contribution >= 0.6 is 0 Å². The second-order valence-corrected chi connectivity index (χ2v) is 5.29. The van der Waals surface area contributed by atoms with Crippen molar-refractivity contribution in [3.63, 3.8) is 0 Å². The van der Waals surface area contributed by atoms with E-state index >= 15 is 0 Å². The van der Waals surface area contributed by atoms with Gasteiger partial charge in [0, 0.05) is 18.8 Å². The average Bonchev–Trinajstić information content (AvgIpc) is 2.61. The second kappa shape index (κ2) is 6.98. The first-order chi connectivity index (χ1) is 10.8. The zero-order valence-electron chi connectivity index (χ0n) is 12.9. The lowest BCUT2D eigenvalue weighted by Gasteiger charge is -2.34. The third kappa shape index (κ3) is 3.58. The van der Waals surface area contributed by atoms with Gasteiger partial charge in [0.1, 0.15) is 5.75 Å². The molecule has 1 aliphatic heterocycles. The summed E-state index contributed by atoms with van der Waals surface area (Å²) >= 11 is 0. The average molecular weight is 295 g/mol. The zero-order valence-corrected chi connectivity index (χ0v) is 12.9. The van der Waals surface area contributed by atoms with Crippen LogP contribution in [-0.4, -0.2) is 44.5 Å². The monoisotopic (exact) mass is 295 g/mol. The summed E-state index contributed by atoms with van der Waals surface area (Å²) in [7, 11) is 1.68. The number of para-hydroxylation sites is 1. The van der Waals surface area contributed by atoms with E-state index in [1.807, 2.05) is 30.5 Å². The minimum atomic E-state index is 0.869. The van der Waals surface area contributed by atoms with Gasteiger partial charge in [0.15, 0.2) is 0 Å². The van der Waals surface area contributed by atoms with Crippen molar-refractivity contribution in [2.45, 2.75) is 0 Å². The molecule has 4 heteroatoms. The largest absolute Gasteiger partial charge is 0.497 e. The highest BCUT2D eigenvalue weighted by Gasteiger charge is 2.15. The highest BCUT2D eigenvalue weighted by molar-refractivity contribution is 5.79. The van der Waals surface area contributed by atoms with Crippen LogP contribution in [0.4, 0.5) is 5.69 Å². The molecule has 0 aliphatic carbocycles. The quantitative estimate of drug-likeness (QED) is 0.812. The number of piperazine rings is 1. The van der Waals surface area contributed by atoms with Crippen LogP contribution in [0.1, 0.15) is 5.56 Å². The molecule has 2 aromatic rings. The highest BCUT2D eigenvalue weighted by Crippen LogP contribution is 2.15. The Hall–Kier alpha value is -2.49. The van der Waals surface area contributed by atoms with Gasteiger partial charge in [-0.1, -0.05) is 18.2 Å². The summed E-state index contributed by atoms with van der Waals surface area (Å²) in [6.45, 7) is 3.90. The first kappa shape index (κ1) is 14.4. The minimum absolute atomic E-state index is 0.869. The van der Waals surface area contributed by atoms with Gasteiger partial charge < -0.3 is 9.64 Å². The van der Waals surface area contributed by atoms with Crippen molar-refractivity contribution in [1.82, 2.24) is 5.01 Å². The highest BCUT2D eigenvalue weighted by atomic mass is 16.5. The molecule has 0 N–H and O–H groups in total. The topological polar surface area (TPSA) is 28.1 Å². The SMILES string of the molecule is COc1ccc(/C=N/N2CCN(c3ccccc3)CC2)cc1. The summed E-state index contributed by atoms with van der Waals surface area (Å²) in [5, 5.41) is 6.71. The molecule has 0 unspecified atom stereocenters. The molecular weight excluding hydrogens is 274 g/mol. The molecule has 0 spiro atoms. The predicted molar refractivity (Wildman–Crippen MR) is 90.8 cm³/mol. The van der Waals surface area contributed by atoms with Crippen molar-refractivity contribution in [2.75, 3.05) is 38.2 Å². The van der Waals surface area contributed by atoms with Gasteiger partial charge in [-0.05, 0) is 42.0 Å². The van der Waals surface area contributed by atoms with Crippen molar-refractivity contribution in [3.8, 4) is 5.75 Å². The number of hydrogen-bond donors (Lipinski definition) is 0. The van der Waals surface area contributed by atoms with E-state index in [1.165, 1.54) is 5.69 Å².